The van der Waals surface area contributed by atoms with Gasteiger partial charge in [-0.1, -0.05) is 0 Å². The van der Waals surface area contributed by atoms with E-state index in [0.717, 1.165) is 13.0 Å². The van der Waals surface area contributed by atoms with Crippen molar-refractivity contribution >= 4 is 11.8 Å². The van der Waals surface area contributed by atoms with E-state index in [4.69, 9.17) is 0 Å². The highest BCUT2D eigenvalue weighted by atomic mass is 16.2. The smallest absolute Gasteiger partial charge is 0.256 e. The van der Waals surface area contributed by atoms with Crippen molar-refractivity contribution in [2.75, 3.05) is 20.1 Å². The Labute approximate surface area is 77.6 Å². The number of carbonyl (C=O) groups is 2. The third-order valence-corrected chi connectivity index (χ3v) is 2.00. The summed E-state index contributed by atoms with van der Waals surface area (Å²) >= 11 is 0. The van der Waals surface area contributed by atoms with Crippen molar-refractivity contribution in [2.24, 2.45) is 0 Å². The van der Waals surface area contributed by atoms with Gasteiger partial charge in [-0.15, -0.1) is 0 Å². The van der Waals surface area contributed by atoms with Crippen LogP contribution >= 0.6 is 0 Å². The number of rotatable bonds is 4. The standard InChI is InChI=1S/C9H14N2O2/c1-7-6-8(12)11(9(7)13)5-3-4-10-2/h6,10H,3-5H2,1-2H3. The van der Waals surface area contributed by atoms with E-state index in [-0.39, 0.29) is 11.8 Å². The van der Waals surface area contributed by atoms with Crippen molar-refractivity contribution in [2.45, 2.75) is 13.3 Å². The topological polar surface area (TPSA) is 49.4 Å². The molecule has 1 aliphatic heterocycles. The summed E-state index contributed by atoms with van der Waals surface area (Å²) in [5.41, 5.74) is 0.537. The zero-order valence-electron chi connectivity index (χ0n) is 7.96. The normalized spacial score (nSPS) is 16.8. The van der Waals surface area contributed by atoms with Gasteiger partial charge in [0.2, 0.25) is 0 Å². The van der Waals surface area contributed by atoms with Gasteiger partial charge in [-0.2, -0.15) is 0 Å². The van der Waals surface area contributed by atoms with Crippen LogP contribution in [0, 0.1) is 0 Å². The minimum Gasteiger partial charge on any atom is -0.320 e. The molecule has 1 aliphatic rings. The number of hydrogen-bond acceptors (Lipinski definition) is 3. The molecule has 4 nitrogen and oxygen atoms in total. The summed E-state index contributed by atoms with van der Waals surface area (Å²) in [6.45, 7) is 2.99. The Morgan fingerprint density at radius 1 is 1.46 bits per heavy atom. The van der Waals surface area contributed by atoms with Crippen molar-refractivity contribution in [3.8, 4) is 0 Å². The molecule has 0 unspecified atom stereocenters. The maximum atomic E-state index is 11.3. The summed E-state index contributed by atoms with van der Waals surface area (Å²) in [5.74, 6) is -0.334. The molecular formula is C9H14N2O2. The Morgan fingerprint density at radius 2 is 2.15 bits per heavy atom. The van der Waals surface area contributed by atoms with E-state index in [1.807, 2.05) is 7.05 Å². The maximum absolute atomic E-state index is 11.3. The summed E-state index contributed by atoms with van der Waals surface area (Å²) in [5, 5.41) is 2.97. The maximum Gasteiger partial charge on any atom is 0.256 e. The van der Waals surface area contributed by atoms with E-state index in [1.54, 1.807) is 6.92 Å². The van der Waals surface area contributed by atoms with E-state index in [9.17, 15) is 9.59 Å². The molecule has 0 aromatic rings. The molecule has 1 heterocycles. The molecule has 0 atom stereocenters. The molecule has 0 saturated heterocycles. The van der Waals surface area contributed by atoms with Gasteiger partial charge >= 0.3 is 0 Å². The molecule has 0 spiro atoms. The van der Waals surface area contributed by atoms with Crippen LogP contribution in [0.5, 0.6) is 0 Å². The van der Waals surface area contributed by atoms with Crippen LogP contribution in [0.4, 0.5) is 0 Å². The van der Waals surface area contributed by atoms with E-state index >= 15 is 0 Å². The van der Waals surface area contributed by atoms with Crippen molar-refractivity contribution in [1.29, 1.82) is 0 Å². The van der Waals surface area contributed by atoms with Crippen molar-refractivity contribution in [3.63, 3.8) is 0 Å². The highest BCUT2D eigenvalue weighted by Gasteiger charge is 2.27. The molecule has 0 radical (unpaired) electrons. The molecular weight excluding hydrogens is 168 g/mol. The van der Waals surface area contributed by atoms with Crippen molar-refractivity contribution in [1.82, 2.24) is 10.2 Å². The highest BCUT2D eigenvalue weighted by molar-refractivity contribution is 6.15. The first kappa shape index (κ1) is 9.92. The van der Waals surface area contributed by atoms with Crippen LogP contribution in [-0.2, 0) is 9.59 Å². The summed E-state index contributed by atoms with van der Waals surface area (Å²) < 4.78 is 0. The number of amides is 2. The van der Waals surface area contributed by atoms with Crippen LogP contribution in [0.15, 0.2) is 11.6 Å². The molecule has 0 aromatic carbocycles. The van der Waals surface area contributed by atoms with Gasteiger partial charge < -0.3 is 5.32 Å². The summed E-state index contributed by atoms with van der Waals surface area (Å²) in [7, 11) is 1.84. The zero-order chi connectivity index (χ0) is 9.84. The van der Waals surface area contributed by atoms with E-state index < -0.39 is 0 Å². The van der Waals surface area contributed by atoms with Crippen LogP contribution < -0.4 is 5.32 Å². The van der Waals surface area contributed by atoms with Gasteiger partial charge in [-0.3, -0.25) is 14.5 Å². The van der Waals surface area contributed by atoms with E-state index in [0.29, 0.717) is 12.1 Å². The Hall–Kier alpha value is -1.16. The van der Waals surface area contributed by atoms with Crippen LogP contribution in [0.2, 0.25) is 0 Å². The first-order valence-corrected chi connectivity index (χ1v) is 4.35. The predicted octanol–water partition coefficient (Wildman–Crippen LogP) is -0.0890. The number of imide groups is 1. The minimum atomic E-state index is -0.182. The van der Waals surface area contributed by atoms with Gasteiger partial charge in [0.25, 0.3) is 11.8 Å². The minimum absolute atomic E-state index is 0.152. The summed E-state index contributed by atoms with van der Waals surface area (Å²) in [4.78, 5) is 23.8. The second kappa shape index (κ2) is 4.18. The van der Waals surface area contributed by atoms with Crippen LogP contribution in [0.1, 0.15) is 13.3 Å². The lowest BCUT2D eigenvalue weighted by Gasteiger charge is -2.13. The predicted molar refractivity (Wildman–Crippen MR) is 49.0 cm³/mol. The van der Waals surface area contributed by atoms with Gasteiger partial charge in [0.05, 0.1) is 0 Å². The fraction of sp³-hybridized carbons (Fsp3) is 0.556. The van der Waals surface area contributed by atoms with Gasteiger partial charge in [0, 0.05) is 18.2 Å². The molecule has 0 saturated carbocycles. The van der Waals surface area contributed by atoms with Crippen LogP contribution in [0.3, 0.4) is 0 Å². The second-order valence-electron chi connectivity index (χ2n) is 3.08. The monoisotopic (exact) mass is 182 g/mol. The largest absolute Gasteiger partial charge is 0.320 e. The Balaban J connectivity index is 2.44. The third kappa shape index (κ3) is 2.15. The van der Waals surface area contributed by atoms with Crippen molar-refractivity contribution < 1.29 is 9.59 Å². The lowest BCUT2D eigenvalue weighted by atomic mass is 10.3. The first-order chi connectivity index (χ1) is 6.16. The van der Waals surface area contributed by atoms with Crippen LogP contribution in [0.25, 0.3) is 0 Å². The van der Waals surface area contributed by atoms with Gasteiger partial charge in [0.15, 0.2) is 0 Å². The van der Waals surface area contributed by atoms with Crippen LogP contribution in [-0.4, -0.2) is 36.9 Å². The molecule has 4 heteroatoms. The average Bonchev–Trinajstić information content (AvgIpc) is 2.32. The van der Waals surface area contributed by atoms with E-state index in [2.05, 4.69) is 5.32 Å². The molecule has 13 heavy (non-hydrogen) atoms. The number of nitrogens with zero attached hydrogens (tertiary/aromatic N) is 1. The number of carbonyl (C=O) groups excluding carboxylic acids is 2. The van der Waals surface area contributed by atoms with Gasteiger partial charge in [0.1, 0.15) is 0 Å². The molecule has 72 valence electrons. The number of hydrogen-bond donors (Lipinski definition) is 1. The fourth-order valence-electron chi connectivity index (χ4n) is 1.26. The molecule has 1 rings (SSSR count). The quantitative estimate of drug-likeness (QED) is 0.488. The molecule has 2 amide bonds. The molecule has 0 aromatic heterocycles. The molecule has 0 fully saturated rings. The van der Waals surface area contributed by atoms with E-state index in [1.165, 1.54) is 11.0 Å². The number of nitrogens with one attached hydrogen (secondary N) is 1. The lowest BCUT2D eigenvalue weighted by molar-refractivity contribution is -0.137. The molecule has 0 bridgehead atoms. The third-order valence-electron chi connectivity index (χ3n) is 2.00. The fourth-order valence-corrected chi connectivity index (χ4v) is 1.26. The summed E-state index contributed by atoms with van der Waals surface area (Å²) in [6.07, 6.45) is 2.19. The molecule has 1 N–H and O–H groups in total. The average molecular weight is 182 g/mol. The Bertz CT molecular complexity index is 258. The molecule has 0 aliphatic carbocycles. The highest BCUT2D eigenvalue weighted by Crippen LogP contribution is 2.11. The Kier molecular flexibility index (Phi) is 3.19. The second-order valence-corrected chi connectivity index (χ2v) is 3.08. The van der Waals surface area contributed by atoms with Gasteiger partial charge in [-0.25, -0.2) is 0 Å². The summed E-state index contributed by atoms with van der Waals surface area (Å²) in [6, 6.07) is 0. The lowest BCUT2D eigenvalue weighted by Crippen LogP contribution is -2.33. The zero-order valence-corrected chi connectivity index (χ0v) is 7.96. The first-order valence-electron chi connectivity index (χ1n) is 4.35. The SMILES string of the molecule is CNCCCN1C(=O)C=C(C)C1=O. The van der Waals surface area contributed by atoms with Crippen molar-refractivity contribution in [3.05, 3.63) is 11.6 Å². The Morgan fingerprint density at radius 3 is 2.62 bits per heavy atom. The van der Waals surface area contributed by atoms with Gasteiger partial charge in [-0.05, 0) is 26.9 Å².